The third-order valence-corrected chi connectivity index (χ3v) is 6.35. The molecule has 1 heterocycles. The van der Waals surface area contributed by atoms with Crippen LogP contribution in [0.4, 0.5) is 0 Å². The molecule has 0 unspecified atom stereocenters. The van der Waals surface area contributed by atoms with Crippen molar-refractivity contribution in [3.05, 3.63) is 21.1 Å². The first-order chi connectivity index (χ1) is 10.1. The summed E-state index contributed by atoms with van der Waals surface area (Å²) in [6, 6.07) is -0.572. The van der Waals surface area contributed by atoms with Gasteiger partial charge in [0.05, 0.1) is 16.1 Å². The average Bonchev–Trinajstić information content (AvgIpc) is 2.83. The minimum absolute atomic E-state index is 0.213. The van der Waals surface area contributed by atoms with Crippen LogP contribution in [0.15, 0.2) is 11.0 Å². The minimum Gasteiger partial charge on any atom is -0.505 e. The monoisotopic (exact) mass is 389 g/mol. The molecule has 11 heteroatoms. The lowest BCUT2D eigenvalue weighted by Gasteiger charge is -2.21. The third-order valence-electron chi connectivity index (χ3n) is 3.21. The molecule has 7 nitrogen and oxygen atoms in total. The molecule has 1 fully saturated rings. The summed E-state index contributed by atoms with van der Waals surface area (Å²) in [6.07, 6.45) is -1.39. The summed E-state index contributed by atoms with van der Waals surface area (Å²) in [5.74, 6) is -2.24. The van der Waals surface area contributed by atoms with Crippen molar-refractivity contribution in [1.29, 1.82) is 0 Å². The Morgan fingerprint density at radius 3 is 2.41 bits per heavy atom. The molecule has 1 aliphatic rings. The molecule has 122 valence electrons. The summed E-state index contributed by atoms with van der Waals surface area (Å²) >= 11 is 17.2. The van der Waals surface area contributed by atoms with Gasteiger partial charge in [0, 0.05) is 13.0 Å². The van der Waals surface area contributed by atoms with Crippen molar-refractivity contribution in [3.63, 3.8) is 0 Å². The normalized spacial score (nSPS) is 22.9. The van der Waals surface area contributed by atoms with E-state index < -0.39 is 50.4 Å². The highest BCUT2D eigenvalue weighted by Crippen LogP contribution is 2.43. The Hall–Kier alpha value is -0.770. The Balaban J connectivity index is 2.58. The fourth-order valence-corrected chi connectivity index (χ4v) is 4.63. The summed E-state index contributed by atoms with van der Waals surface area (Å²) in [6.45, 7) is -0.420. The highest BCUT2D eigenvalue weighted by Gasteiger charge is 2.44. The molecule has 1 aromatic rings. The first kappa shape index (κ1) is 17.6. The number of aliphatic carboxylic acids is 1. The number of halogens is 3. The topological polar surface area (TPSA) is 115 Å². The molecule has 0 saturated carbocycles. The van der Waals surface area contributed by atoms with Gasteiger partial charge in [-0.15, -0.1) is 0 Å². The quantitative estimate of drug-likeness (QED) is 0.675. The molecule has 0 aromatic heterocycles. The van der Waals surface area contributed by atoms with E-state index in [1.54, 1.807) is 0 Å². The molecule has 1 saturated heterocycles. The highest BCUT2D eigenvalue weighted by atomic mass is 35.5. The Bertz CT molecular complexity index is 738. The largest absolute Gasteiger partial charge is 0.505 e. The summed E-state index contributed by atoms with van der Waals surface area (Å²) < 4.78 is 25.7. The van der Waals surface area contributed by atoms with Crippen molar-refractivity contribution in [2.24, 2.45) is 0 Å². The molecule has 1 aromatic carbocycles. The van der Waals surface area contributed by atoms with E-state index in [9.17, 15) is 23.4 Å². The number of sulfonamides is 1. The number of carbonyl (C=O) groups is 1. The second-order valence-corrected chi connectivity index (χ2v) is 7.67. The highest BCUT2D eigenvalue weighted by molar-refractivity contribution is 7.89. The SMILES string of the molecule is O=C(O)[C@@H]1C[C@@H](O)CN1S(=O)(=O)c1cc(Cl)c(Cl)c(Cl)c1O. The second kappa shape index (κ2) is 6.03. The number of rotatable bonds is 3. The van der Waals surface area contributed by atoms with Gasteiger partial charge in [-0.2, -0.15) is 4.31 Å². The molecule has 0 radical (unpaired) electrons. The summed E-state index contributed by atoms with van der Waals surface area (Å²) in [4.78, 5) is 10.5. The Kier molecular flexibility index (Phi) is 4.82. The first-order valence-electron chi connectivity index (χ1n) is 5.86. The van der Waals surface area contributed by atoms with Gasteiger partial charge in [0.15, 0.2) is 5.75 Å². The van der Waals surface area contributed by atoms with Crippen molar-refractivity contribution < 1.29 is 28.5 Å². The molecule has 3 N–H and O–H groups in total. The predicted octanol–water partition coefficient (Wildman–Crippen LogP) is 1.56. The predicted molar refractivity (Wildman–Crippen MR) is 79.1 cm³/mol. The fourth-order valence-electron chi connectivity index (χ4n) is 2.16. The number of aromatic hydroxyl groups is 1. The number of β-amino-alcohol motifs (C(OH)–C–C–N with tert-alkyl or cyclic N) is 1. The van der Waals surface area contributed by atoms with E-state index in [0.717, 1.165) is 6.07 Å². The van der Waals surface area contributed by atoms with Gasteiger partial charge in [0.25, 0.3) is 0 Å². The van der Waals surface area contributed by atoms with Crippen molar-refractivity contribution in [2.75, 3.05) is 6.54 Å². The van der Waals surface area contributed by atoms with Gasteiger partial charge in [0.2, 0.25) is 10.0 Å². The third kappa shape index (κ3) is 2.86. The zero-order valence-electron chi connectivity index (χ0n) is 10.7. The maximum atomic E-state index is 12.6. The van der Waals surface area contributed by atoms with Crippen molar-refractivity contribution in [2.45, 2.75) is 23.5 Å². The molecule has 0 amide bonds. The van der Waals surface area contributed by atoms with Crippen LogP contribution in [-0.4, -0.2) is 52.7 Å². The molecular weight excluding hydrogens is 381 g/mol. The number of carboxylic acids is 1. The van der Waals surface area contributed by atoms with E-state index in [2.05, 4.69) is 0 Å². The van der Waals surface area contributed by atoms with E-state index in [1.807, 2.05) is 0 Å². The van der Waals surface area contributed by atoms with E-state index >= 15 is 0 Å². The number of aliphatic hydroxyl groups excluding tert-OH is 1. The molecular formula is C11H10Cl3NO6S. The van der Waals surface area contributed by atoms with Gasteiger partial charge >= 0.3 is 5.97 Å². The van der Waals surface area contributed by atoms with Crippen LogP contribution in [0, 0.1) is 0 Å². The van der Waals surface area contributed by atoms with E-state index in [0.29, 0.717) is 4.31 Å². The van der Waals surface area contributed by atoms with Crippen LogP contribution in [-0.2, 0) is 14.8 Å². The Labute approximate surface area is 140 Å². The summed E-state index contributed by atoms with van der Waals surface area (Å²) in [5.41, 5.74) is 0. The number of benzene rings is 1. The molecule has 22 heavy (non-hydrogen) atoms. The maximum Gasteiger partial charge on any atom is 0.322 e. The van der Waals surface area contributed by atoms with Crippen molar-refractivity contribution in [3.8, 4) is 5.75 Å². The van der Waals surface area contributed by atoms with Gasteiger partial charge in [-0.05, 0) is 6.07 Å². The smallest absolute Gasteiger partial charge is 0.322 e. The number of hydrogen-bond donors (Lipinski definition) is 3. The van der Waals surface area contributed by atoms with Gasteiger partial charge in [-0.3, -0.25) is 4.79 Å². The second-order valence-electron chi connectivity index (χ2n) is 4.65. The van der Waals surface area contributed by atoms with Crippen molar-refractivity contribution in [1.82, 2.24) is 4.31 Å². The lowest BCUT2D eigenvalue weighted by atomic mass is 10.2. The van der Waals surface area contributed by atoms with Crippen LogP contribution in [0.1, 0.15) is 6.42 Å². The lowest BCUT2D eigenvalue weighted by molar-refractivity contribution is -0.140. The Morgan fingerprint density at radius 1 is 1.27 bits per heavy atom. The average molecular weight is 391 g/mol. The molecule has 0 aliphatic carbocycles. The minimum atomic E-state index is -4.44. The number of phenols is 1. The van der Waals surface area contributed by atoms with Crippen LogP contribution in [0.25, 0.3) is 0 Å². The summed E-state index contributed by atoms with van der Waals surface area (Å²) in [7, 11) is -4.44. The summed E-state index contributed by atoms with van der Waals surface area (Å²) in [5, 5.41) is 27.6. The van der Waals surface area contributed by atoms with Gasteiger partial charge < -0.3 is 15.3 Å². The van der Waals surface area contributed by atoms with Crippen LogP contribution in [0.5, 0.6) is 5.75 Å². The molecule has 0 spiro atoms. The lowest BCUT2D eigenvalue weighted by Crippen LogP contribution is -2.40. The number of phenolic OH excluding ortho intramolecular Hbond substituents is 1. The van der Waals surface area contributed by atoms with E-state index in [4.69, 9.17) is 39.9 Å². The van der Waals surface area contributed by atoms with E-state index in [1.165, 1.54) is 0 Å². The molecule has 2 rings (SSSR count). The first-order valence-corrected chi connectivity index (χ1v) is 8.44. The number of carboxylic acid groups (broad SMARTS) is 1. The van der Waals surface area contributed by atoms with Gasteiger partial charge in [-0.25, -0.2) is 8.42 Å². The number of aliphatic hydroxyl groups is 1. The number of hydrogen-bond acceptors (Lipinski definition) is 5. The molecule has 1 aliphatic heterocycles. The zero-order valence-corrected chi connectivity index (χ0v) is 13.8. The fraction of sp³-hybridized carbons (Fsp3) is 0.364. The molecule has 2 atom stereocenters. The molecule has 0 bridgehead atoms. The zero-order chi connectivity index (χ0) is 16.8. The van der Waals surface area contributed by atoms with Crippen LogP contribution < -0.4 is 0 Å². The Morgan fingerprint density at radius 2 is 1.86 bits per heavy atom. The van der Waals surface area contributed by atoms with Crippen LogP contribution in [0.3, 0.4) is 0 Å². The van der Waals surface area contributed by atoms with Gasteiger partial charge in [-0.1, -0.05) is 34.8 Å². The van der Waals surface area contributed by atoms with Crippen molar-refractivity contribution >= 4 is 50.8 Å². The maximum absolute atomic E-state index is 12.6. The number of nitrogens with zero attached hydrogens (tertiary/aromatic N) is 1. The standard InChI is InChI=1S/C11H10Cl3NO6S/c12-5-2-7(10(17)9(14)8(5)13)22(20,21)15-3-4(16)1-6(15)11(18)19/h2,4,6,16-17H,1,3H2,(H,18,19)/t4-,6+/m1/s1. The van der Waals surface area contributed by atoms with Crippen LogP contribution in [0.2, 0.25) is 15.1 Å². The van der Waals surface area contributed by atoms with E-state index in [-0.39, 0.29) is 16.5 Å². The van der Waals surface area contributed by atoms with Crippen LogP contribution >= 0.6 is 34.8 Å². The van der Waals surface area contributed by atoms with Gasteiger partial charge in [0.1, 0.15) is 16.0 Å².